The molecule has 2 unspecified atom stereocenters. The number of halogens is 2. The second kappa shape index (κ2) is 10.2. The molecule has 6 heterocycles. The molecule has 3 N–H and O–H groups in total. The number of pyridine rings is 2. The van der Waals surface area contributed by atoms with Crippen molar-refractivity contribution in [2.75, 3.05) is 10.2 Å². The van der Waals surface area contributed by atoms with E-state index in [1.807, 2.05) is 0 Å². The molecule has 0 aliphatic carbocycles. The number of hydrogen-bond donors (Lipinski definition) is 2. The van der Waals surface area contributed by atoms with Gasteiger partial charge in [-0.1, -0.05) is 23.2 Å². The monoisotopic (exact) mass is 567 g/mol. The Hall–Kier alpha value is -4.81. The Kier molecular flexibility index (Phi) is 6.73. The number of rotatable bonds is 4. The normalized spacial score (nSPS) is 17.1. The maximum Gasteiger partial charge on any atom is 0.326 e. The fourth-order valence-corrected chi connectivity index (χ4v) is 4.47. The van der Waals surface area contributed by atoms with E-state index in [9.17, 15) is 24.0 Å². The Labute approximate surface area is 228 Å². The molecule has 0 spiro atoms. The van der Waals surface area contributed by atoms with Crippen molar-refractivity contribution in [3.05, 3.63) is 94.3 Å². The molecule has 0 radical (unpaired) electrons. The molecular weight excluding hydrogens is 553 g/mol. The first-order valence-electron chi connectivity index (χ1n) is 11.0. The fraction of sp³-hybridized carbons (Fsp3) is 0.0800. The minimum absolute atomic E-state index is 0.127. The molecule has 0 fully saturated rings. The van der Waals surface area contributed by atoms with Crippen LogP contribution in [0.4, 0.5) is 16.2 Å². The largest absolute Gasteiger partial charge is 0.472 e. The minimum Gasteiger partial charge on any atom is -0.472 e. The Bertz CT molecular complexity index is 1640. The Balaban J connectivity index is 0.000000160. The van der Waals surface area contributed by atoms with Crippen molar-refractivity contribution >= 4 is 64.0 Å². The molecule has 6 rings (SSSR count). The first-order valence-corrected chi connectivity index (χ1v) is 11.8. The number of fused-ring (bicyclic) bond motifs is 2. The van der Waals surface area contributed by atoms with E-state index in [-0.39, 0.29) is 27.8 Å². The number of urea groups is 1. The van der Waals surface area contributed by atoms with E-state index in [4.69, 9.17) is 37.8 Å². The second-order valence-electron chi connectivity index (χ2n) is 8.26. The van der Waals surface area contributed by atoms with Crippen LogP contribution in [0.3, 0.4) is 0 Å². The molecule has 0 saturated heterocycles. The molecule has 14 heteroatoms. The van der Waals surface area contributed by atoms with Gasteiger partial charge in [0.2, 0.25) is 5.91 Å². The molecule has 4 amide bonds. The van der Waals surface area contributed by atoms with Gasteiger partial charge in [0.25, 0.3) is 5.91 Å². The molecule has 196 valence electrons. The van der Waals surface area contributed by atoms with Crippen LogP contribution in [0.15, 0.2) is 70.5 Å². The Morgan fingerprint density at radius 1 is 0.872 bits per heavy atom. The molecule has 12 nitrogen and oxygen atoms in total. The van der Waals surface area contributed by atoms with Gasteiger partial charge in [0.1, 0.15) is 24.4 Å². The SMILES string of the molecule is NC(=O)N1C(=O)C(C(=O)c2ccoc2)c2ncc(Cl)cc21.O=C1Nc2cc(Cl)cnc2C1C(=O)c1ccoc1. The fourth-order valence-electron chi connectivity index (χ4n) is 4.16. The van der Waals surface area contributed by atoms with Crippen LogP contribution in [0.2, 0.25) is 10.0 Å². The summed E-state index contributed by atoms with van der Waals surface area (Å²) in [6, 6.07) is 4.90. The molecule has 4 aromatic rings. The summed E-state index contributed by atoms with van der Waals surface area (Å²) in [7, 11) is 0. The van der Waals surface area contributed by atoms with Crippen molar-refractivity contribution in [1.29, 1.82) is 0 Å². The lowest BCUT2D eigenvalue weighted by atomic mass is 9.97. The number of nitrogens with zero attached hydrogens (tertiary/aromatic N) is 3. The summed E-state index contributed by atoms with van der Waals surface area (Å²) in [6.45, 7) is 0. The van der Waals surface area contributed by atoms with E-state index in [0.29, 0.717) is 26.9 Å². The number of anilines is 2. The van der Waals surface area contributed by atoms with Crippen LogP contribution in [-0.4, -0.2) is 39.4 Å². The van der Waals surface area contributed by atoms with Crippen molar-refractivity contribution in [2.45, 2.75) is 11.8 Å². The van der Waals surface area contributed by atoms with Crippen molar-refractivity contribution in [1.82, 2.24) is 9.97 Å². The third-order valence-electron chi connectivity index (χ3n) is 5.88. The quantitative estimate of drug-likeness (QED) is 0.272. The topological polar surface area (TPSA) is 179 Å². The van der Waals surface area contributed by atoms with Crippen molar-refractivity contribution in [3.63, 3.8) is 0 Å². The smallest absolute Gasteiger partial charge is 0.326 e. The lowest BCUT2D eigenvalue weighted by Gasteiger charge is -2.11. The average Bonchev–Trinajstić information content (AvgIpc) is 3.68. The number of imide groups is 1. The van der Waals surface area contributed by atoms with Gasteiger partial charge in [-0.3, -0.25) is 29.1 Å². The van der Waals surface area contributed by atoms with E-state index >= 15 is 0 Å². The molecule has 39 heavy (non-hydrogen) atoms. The van der Waals surface area contributed by atoms with Gasteiger partial charge in [-0.25, -0.2) is 9.69 Å². The summed E-state index contributed by atoms with van der Waals surface area (Å²) in [4.78, 5) is 69.0. The summed E-state index contributed by atoms with van der Waals surface area (Å²) in [5.74, 6) is -4.18. The first kappa shape index (κ1) is 25.8. The van der Waals surface area contributed by atoms with Crippen LogP contribution in [0, 0.1) is 0 Å². The minimum atomic E-state index is -1.23. The van der Waals surface area contributed by atoms with Crippen LogP contribution in [-0.2, 0) is 9.59 Å². The Morgan fingerprint density at radius 3 is 2.00 bits per heavy atom. The second-order valence-corrected chi connectivity index (χ2v) is 9.14. The summed E-state index contributed by atoms with van der Waals surface area (Å²) in [6.07, 6.45) is 7.94. The van der Waals surface area contributed by atoms with Crippen molar-refractivity contribution in [2.24, 2.45) is 5.73 Å². The molecule has 0 saturated carbocycles. The lowest BCUT2D eigenvalue weighted by molar-refractivity contribution is -0.118. The first-order chi connectivity index (χ1) is 18.7. The summed E-state index contributed by atoms with van der Waals surface area (Å²) >= 11 is 11.6. The van der Waals surface area contributed by atoms with Gasteiger partial charge in [0, 0.05) is 12.4 Å². The number of amides is 4. The third-order valence-corrected chi connectivity index (χ3v) is 6.29. The number of carbonyl (C=O) groups excluding carboxylic acids is 5. The maximum absolute atomic E-state index is 12.4. The van der Waals surface area contributed by atoms with Gasteiger partial charge in [0.05, 0.1) is 56.5 Å². The number of nitrogens with one attached hydrogen (secondary N) is 1. The van der Waals surface area contributed by atoms with Crippen LogP contribution in [0.25, 0.3) is 0 Å². The van der Waals surface area contributed by atoms with Crippen LogP contribution >= 0.6 is 23.2 Å². The number of carbonyl (C=O) groups is 5. The van der Waals surface area contributed by atoms with Gasteiger partial charge in [-0.05, 0) is 24.3 Å². The van der Waals surface area contributed by atoms with E-state index in [2.05, 4.69) is 15.3 Å². The highest BCUT2D eigenvalue weighted by atomic mass is 35.5. The number of ketones is 2. The predicted octanol–water partition coefficient (Wildman–Crippen LogP) is 3.97. The van der Waals surface area contributed by atoms with E-state index in [1.165, 1.54) is 55.6 Å². The third kappa shape index (κ3) is 4.67. The van der Waals surface area contributed by atoms with Gasteiger partial charge >= 0.3 is 6.03 Å². The van der Waals surface area contributed by atoms with E-state index < -0.39 is 35.5 Å². The molecule has 4 aromatic heterocycles. The molecule has 2 atom stereocenters. The van der Waals surface area contributed by atoms with Crippen LogP contribution < -0.4 is 16.0 Å². The van der Waals surface area contributed by atoms with Gasteiger partial charge < -0.3 is 19.9 Å². The van der Waals surface area contributed by atoms with Gasteiger partial charge in [0.15, 0.2) is 11.6 Å². The van der Waals surface area contributed by atoms with E-state index in [0.717, 1.165) is 0 Å². The summed E-state index contributed by atoms with van der Waals surface area (Å²) in [5.41, 5.74) is 6.91. The van der Waals surface area contributed by atoms with Gasteiger partial charge in [-0.2, -0.15) is 0 Å². The highest BCUT2D eigenvalue weighted by Gasteiger charge is 2.46. The molecule has 0 aromatic carbocycles. The number of nitrogens with two attached hydrogens (primary N) is 1. The van der Waals surface area contributed by atoms with Crippen molar-refractivity contribution in [3.8, 4) is 0 Å². The summed E-state index contributed by atoms with van der Waals surface area (Å²) < 4.78 is 9.68. The zero-order valence-corrected chi connectivity index (χ0v) is 21.0. The highest BCUT2D eigenvalue weighted by Crippen LogP contribution is 2.39. The highest BCUT2D eigenvalue weighted by molar-refractivity contribution is 6.33. The zero-order chi connectivity index (χ0) is 27.8. The molecular formula is C25H15Cl2N5O7. The summed E-state index contributed by atoms with van der Waals surface area (Å²) in [5, 5.41) is 3.23. The van der Waals surface area contributed by atoms with Gasteiger partial charge in [-0.15, -0.1) is 0 Å². The zero-order valence-electron chi connectivity index (χ0n) is 19.5. The number of primary amides is 1. The Morgan fingerprint density at radius 2 is 1.44 bits per heavy atom. The number of furan rings is 2. The predicted molar refractivity (Wildman–Crippen MR) is 136 cm³/mol. The number of Topliss-reactive ketones (excluding diaryl/α,β-unsaturated/α-hetero) is 2. The molecule has 2 aliphatic heterocycles. The van der Waals surface area contributed by atoms with Crippen molar-refractivity contribution < 1.29 is 32.8 Å². The average molecular weight is 568 g/mol. The van der Waals surface area contributed by atoms with E-state index in [1.54, 1.807) is 6.07 Å². The standard InChI is InChI=1S/C13H8ClN3O4.C12H7ClN2O3/c14-7-3-8-10(16-4-7)9(12(19)17(8)13(15)20)11(18)6-1-2-21-5-6;13-7-3-8-10(14-4-7)9(12(17)15-8)11(16)6-1-2-18-5-6/h1-5,9H,(H2,15,20);1-5,9H,(H,15,17). The number of aromatic nitrogens is 2. The molecule has 0 bridgehead atoms. The van der Waals surface area contributed by atoms with Crippen LogP contribution in [0.5, 0.6) is 0 Å². The van der Waals surface area contributed by atoms with Crippen LogP contribution in [0.1, 0.15) is 43.9 Å². The molecule has 2 aliphatic rings. The maximum atomic E-state index is 12.4. The lowest BCUT2D eigenvalue weighted by Crippen LogP contribution is -2.40. The number of hydrogen-bond acceptors (Lipinski definition) is 9.